The summed E-state index contributed by atoms with van der Waals surface area (Å²) in [6.07, 6.45) is -0.238. The molecular formula is C11H18N4O5. The van der Waals surface area contributed by atoms with Crippen LogP contribution in [0.3, 0.4) is 0 Å². The molecule has 1 rings (SSSR count). The minimum Gasteiger partial charge on any atom is -0.480 e. The monoisotopic (exact) mass is 286 g/mol. The Labute approximate surface area is 115 Å². The number of aliphatic carboxylic acids is 1. The van der Waals surface area contributed by atoms with Gasteiger partial charge in [-0.05, 0) is 13.3 Å². The van der Waals surface area contributed by atoms with Crippen molar-refractivity contribution in [1.82, 2.24) is 15.5 Å². The van der Waals surface area contributed by atoms with E-state index in [1.165, 1.54) is 4.90 Å². The highest BCUT2D eigenvalue weighted by Gasteiger charge is 2.31. The van der Waals surface area contributed by atoms with Crippen LogP contribution in [0.4, 0.5) is 4.79 Å². The Morgan fingerprint density at radius 3 is 2.75 bits per heavy atom. The van der Waals surface area contributed by atoms with Gasteiger partial charge in [0.2, 0.25) is 11.8 Å². The highest BCUT2D eigenvalue weighted by Crippen LogP contribution is 2.06. The van der Waals surface area contributed by atoms with E-state index in [2.05, 4.69) is 10.6 Å². The number of carbonyl (C=O) groups is 4. The molecule has 5 N–H and O–H groups in total. The van der Waals surface area contributed by atoms with E-state index in [-0.39, 0.29) is 18.7 Å². The van der Waals surface area contributed by atoms with Gasteiger partial charge in [0, 0.05) is 19.5 Å². The summed E-state index contributed by atoms with van der Waals surface area (Å²) in [6.45, 7) is 2.16. The molecule has 0 aromatic heterocycles. The van der Waals surface area contributed by atoms with Crippen LogP contribution in [0.5, 0.6) is 0 Å². The van der Waals surface area contributed by atoms with Crippen LogP contribution in [0.25, 0.3) is 0 Å². The Bertz CT molecular complexity index is 425. The minimum absolute atomic E-state index is 0.0924. The summed E-state index contributed by atoms with van der Waals surface area (Å²) < 4.78 is 0. The van der Waals surface area contributed by atoms with Crippen molar-refractivity contribution in [3.8, 4) is 0 Å². The van der Waals surface area contributed by atoms with E-state index in [0.717, 1.165) is 0 Å². The topological polar surface area (TPSA) is 142 Å². The van der Waals surface area contributed by atoms with E-state index in [1.54, 1.807) is 6.92 Å². The summed E-state index contributed by atoms with van der Waals surface area (Å²) in [5.74, 6) is -2.19. The molecular weight excluding hydrogens is 268 g/mol. The number of nitrogens with zero attached hydrogens (tertiary/aromatic N) is 1. The van der Waals surface area contributed by atoms with Crippen LogP contribution in [0.1, 0.15) is 19.8 Å². The van der Waals surface area contributed by atoms with Gasteiger partial charge in [-0.15, -0.1) is 0 Å². The van der Waals surface area contributed by atoms with Gasteiger partial charge in [0.05, 0.1) is 0 Å². The number of carboxylic acids is 1. The molecule has 0 spiro atoms. The van der Waals surface area contributed by atoms with Crippen molar-refractivity contribution in [1.29, 1.82) is 0 Å². The normalized spacial score (nSPS) is 19.9. The van der Waals surface area contributed by atoms with Crippen molar-refractivity contribution in [3.63, 3.8) is 0 Å². The summed E-state index contributed by atoms with van der Waals surface area (Å²) in [6, 6.07) is -2.54. The minimum atomic E-state index is -1.26. The van der Waals surface area contributed by atoms with Gasteiger partial charge in [-0.1, -0.05) is 0 Å². The lowest BCUT2D eigenvalue weighted by atomic mass is 10.1. The van der Waals surface area contributed by atoms with E-state index in [1.807, 2.05) is 0 Å². The number of piperazine rings is 1. The van der Waals surface area contributed by atoms with Gasteiger partial charge < -0.3 is 26.4 Å². The molecule has 0 aliphatic carbocycles. The standard InChI is InChI=1S/C11H18N4O5/c1-6-9(17)13-4-5-15(6)11(20)14-7(10(18)19)2-3-8(12)16/h6-7H,2-5H2,1H3,(H2,12,16)(H,13,17)(H,14,20)(H,18,19)/t6?,7-/m0/s1. The number of rotatable bonds is 5. The lowest BCUT2D eigenvalue weighted by molar-refractivity contribution is -0.139. The highest BCUT2D eigenvalue weighted by atomic mass is 16.4. The first kappa shape index (κ1) is 15.7. The maximum absolute atomic E-state index is 12.0. The fourth-order valence-corrected chi connectivity index (χ4v) is 1.84. The average Bonchev–Trinajstić information content (AvgIpc) is 2.36. The molecule has 1 aliphatic rings. The molecule has 0 aromatic carbocycles. The third-order valence-electron chi connectivity index (χ3n) is 3.03. The second kappa shape index (κ2) is 6.73. The Hall–Kier alpha value is -2.32. The molecule has 9 heteroatoms. The van der Waals surface area contributed by atoms with Crippen molar-refractivity contribution < 1.29 is 24.3 Å². The highest BCUT2D eigenvalue weighted by molar-refractivity contribution is 5.89. The molecule has 0 aromatic rings. The number of urea groups is 1. The van der Waals surface area contributed by atoms with Crippen LogP contribution in [0.15, 0.2) is 0 Å². The van der Waals surface area contributed by atoms with Gasteiger partial charge in [0.1, 0.15) is 12.1 Å². The summed E-state index contributed by atoms with van der Waals surface area (Å²) >= 11 is 0. The first-order valence-corrected chi connectivity index (χ1v) is 6.19. The average molecular weight is 286 g/mol. The zero-order valence-corrected chi connectivity index (χ0v) is 11.1. The van der Waals surface area contributed by atoms with Crippen molar-refractivity contribution in [2.24, 2.45) is 5.73 Å². The van der Waals surface area contributed by atoms with E-state index in [9.17, 15) is 19.2 Å². The molecule has 112 valence electrons. The number of carbonyl (C=O) groups excluding carboxylic acids is 3. The first-order chi connectivity index (χ1) is 9.32. The fraction of sp³-hybridized carbons (Fsp3) is 0.636. The van der Waals surface area contributed by atoms with Gasteiger partial charge in [0.25, 0.3) is 0 Å². The fourth-order valence-electron chi connectivity index (χ4n) is 1.84. The summed E-state index contributed by atoms with van der Waals surface area (Å²) in [5, 5.41) is 13.9. The van der Waals surface area contributed by atoms with Gasteiger partial charge in [-0.25, -0.2) is 9.59 Å². The number of hydrogen-bond acceptors (Lipinski definition) is 4. The van der Waals surface area contributed by atoms with Crippen LogP contribution in [-0.2, 0) is 14.4 Å². The van der Waals surface area contributed by atoms with Crippen molar-refractivity contribution in [2.45, 2.75) is 31.8 Å². The third-order valence-corrected chi connectivity index (χ3v) is 3.03. The summed E-state index contributed by atoms with van der Waals surface area (Å²) in [4.78, 5) is 46.3. The molecule has 1 fully saturated rings. The molecule has 1 heterocycles. The Morgan fingerprint density at radius 2 is 2.20 bits per heavy atom. The van der Waals surface area contributed by atoms with E-state index < -0.39 is 30.0 Å². The quantitative estimate of drug-likeness (QED) is 0.473. The number of hydrogen-bond donors (Lipinski definition) is 4. The molecule has 0 saturated carbocycles. The second-order valence-electron chi connectivity index (χ2n) is 4.51. The molecule has 20 heavy (non-hydrogen) atoms. The summed E-state index contributed by atoms with van der Waals surface area (Å²) in [7, 11) is 0. The smallest absolute Gasteiger partial charge is 0.326 e. The number of nitrogens with two attached hydrogens (primary N) is 1. The molecule has 1 aliphatic heterocycles. The maximum Gasteiger partial charge on any atom is 0.326 e. The Morgan fingerprint density at radius 1 is 1.55 bits per heavy atom. The van der Waals surface area contributed by atoms with Crippen LogP contribution >= 0.6 is 0 Å². The van der Waals surface area contributed by atoms with Crippen molar-refractivity contribution in [2.75, 3.05) is 13.1 Å². The number of primary amides is 1. The van der Waals surface area contributed by atoms with Crippen LogP contribution in [0.2, 0.25) is 0 Å². The second-order valence-corrected chi connectivity index (χ2v) is 4.51. The van der Waals surface area contributed by atoms with Gasteiger partial charge >= 0.3 is 12.0 Å². The predicted octanol–water partition coefficient (Wildman–Crippen LogP) is -1.76. The SMILES string of the molecule is CC1C(=O)NCCN1C(=O)N[C@@H](CCC(N)=O)C(=O)O. The van der Waals surface area contributed by atoms with Crippen molar-refractivity contribution >= 4 is 23.8 Å². The van der Waals surface area contributed by atoms with Gasteiger partial charge in [-0.2, -0.15) is 0 Å². The lowest BCUT2D eigenvalue weighted by Gasteiger charge is -2.33. The third kappa shape index (κ3) is 4.11. The molecule has 4 amide bonds. The maximum atomic E-state index is 12.0. The molecule has 0 bridgehead atoms. The van der Waals surface area contributed by atoms with Crippen LogP contribution in [0, 0.1) is 0 Å². The van der Waals surface area contributed by atoms with Gasteiger partial charge in [-0.3, -0.25) is 9.59 Å². The molecule has 9 nitrogen and oxygen atoms in total. The summed E-state index contributed by atoms with van der Waals surface area (Å²) in [5.41, 5.74) is 4.95. The molecule has 2 atom stereocenters. The van der Waals surface area contributed by atoms with E-state index in [0.29, 0.717) is 13.1 Å². The van der Waals surface area contributed by atoms with Crippen LogP contribution in [-0.4, -0.2) is 59.0 Å². The molecule has 0 radical (unpaired) electrons. The van der Waals surface area contributed by atoms with Crippen LogP contribution < -0.4 is 16.4 Å². The Balaban J connectivity index is 2.63. The van der Waals surface area contributed by atoms with Gasteiger partial charge in [0.15, 0.2) is 0 Å². The van der Waals surface area contributed by atoms with E-state index >= 15 is 0 Å². The number of amides is 4. The first-order valence-electron chi connectivity index (χ1n) is 6.19. The number of carboxylic acid groups (broad SMARTS) is 1. The zero-order chi connectivity index (χ0) is 15.3. The van der Waals surface area contributed by atoms with E-state index in [4.69, 9.17) is 10.8 Å². The zero-order valence-electron chi connectivity index (χ0n) is 11.1. The number of nitrogens with one attached hydrogen (secondary N) is 2. The predicted molar refractivity (Wildman–Crippen MR) is 67.6 cm³/mol. The van der Waals surface area contributed by atoms with Crippen molar-refractivity contribution in [3.05, 3.63) is 0 Å². The molecule has 1 saturated heterocycles. The molecule has 1 unspecified atom stereocenters. The lowest BCUT2D eigenvalue weighted by Crippen LogP contribution is -2.60. The largest absolute Gasteiger partial charge is 0.480 e. The Kier molecular flexibility index (Phi) is 5.30.